The summed E-state index contributed by atoms with van der Waals surface area (Å²) in [6, 6.07) is 7.78. The number of nitrogens with one attached hydrogen (secondary N) is 2. The molecule has 2 amide bonds. The Labute approximate surface area is 209 Å². The smallest absolute Gasteiger partial charge is 0.257 e. The van der Waals surface area contributed by atoms with Gasteiger partial charge in [0.1, 0.15) is 5.75 Å². The third kappa shape index (κ3) is 7.77. The maximum atomic E-state index is 12.9. The largest absolute Gasteiger partial charge is 0.497 e. The highest BCUT2D eigenvalue weighted by Gasteiger charge is 2.39. The van der Waals surface area contributed by atoms with Crippen molar-refractivity contribution in [2.24, 2.45) is 5.92 Å². The molecule has 1 saturated heterocycles. The summed E-state index contributed by atoms with van der Waals surface area (Å²) in [5.74, 6) is 0.851. The molecule has 6 nitrogen and oxygen atoms in total. The Morgan fingerprint density at radius 2 is 1.97 bits per heavy atom. The van der Waals surface area contributed by atoms with E-state index in [1.807, 2.05) is 30.3 Å². The minimum atomic E-state index is -0.0439. The van der Waals surface area contributed by atoms with Crippen LogP contribution in [0.3, 0.4) is 0 Å². The molecule has 188 valence electrons. The quantitative estimate of drug-likeness (QED) is 0.426. The average Bonchev–Trinajstić information content (AvgIpc) is 2.85. The summed E-state index contributed by atoms with van der Waals surface area (Å²) in [6.45, 7) is 8.26. The molecule has 0 radical (unpaired) electrons. The summed E-state index contributed by atoms with van der Waals surface area (Å²) < 4.78 is 5.29. The summed E-state index contributed by atoms with van der Waals surface area (Å²) in [6.07, 6.45) is 9.25. The molecule has 1 aromatic carbocycles. The van der Waals surface area contributed by atoms with Crippen molar-refractivity contribution in [3.05, 3.63) is 34.7 Å². The fraction of sp³-hybridized carbons (Fsp3) is 0.630. The molecule has 1 aliphatic heterocycles. The first-order valence-corrected chi connectivity index (χ1v) is 13.7. The van der Waals surface area contributed by atoms with Gasteiger partial charge in [-0.05, 0) is 69.0 Å². The molecule has 7 heteroatoms. The molecule has 1 saturated carbocycles. The second kappa shape index (κ2) is 13.8. The first-order chi connectivity index (χ1) is 16.5. The molecule has 0 aromatic heterocycles. The molecule has 2 N–H and O–H groups in total. The Hall–Kier alpha value is -1.99. The molecule has 1 aromatic rings. The Kier molecular flexibility index (Phi) is 10.8. The third-order valence-corrected chi connectivity index (χ3v) is 8.18. The lowest BCUT2D eigenvalue weighted by atomic mass is 9.84. The van der Waals surface area contributed by atoms with Crippen LogP contribution in [0, 0.1) is 5.92 Å². The lowest BCUT2D eigenvalue weighted by Gasteiger charge is -2.39. The highest BCUT2D eigenvalue weighted by molar-refractivity contribution is 8.04. The van der Waals surface area contributed by atoms with E-state index in [0.717, 1.165) is 55.1 Å². The zero-order valence-corrected chi connectivity index (χ0v) is 21.8. The van der Waals surface area contributed by atoms with E-state index in [1.165, 1.54) is 25.7 Å². The third-order valence-electron chi connectivity index (χ3n) is 6.75. The van der Waals surface area contributed by atoms with Gasteiger partial charge in [0.2, 0.25) is 5.91 Å². The summed E-state index contributed by atoms with van der Waals surface area (Å²) in [5, 5.41) is 6.66. The van der Waals surface area contributed by atoms with Gasteiger partial charge in [-0.2, -0.15) is 0 Å². The average molecular weight is 488 g/mol. The monoisotopic (exact) mass is 487 g/mol. The summed E-state index contributed by atoms with van der Waals surface area (Å²) >= 11 is 1.65. The molecule has 3 atom stereocenters. The van der Waals surface area contributed by atoms with E-state index in [9.17, 15) is 9.59 Å². The van der Waals surface area contributed by atoms with Crippen LogP contribution in [0.15, 0.2) is 29.2 Å². The Balaban J connectivity index is 1.48. The molecule has 2 aliphatic rings. The number of ether oxygens (including phenoxy) is 1. The number of unbranched alkanes of at least 4 members (excludes halogenated alkanes) is 2. The van der Waals surface area contributed by atoms with E-state index in [0.29, 0.717) is 11.8 Å². The summed E-state index contributed by atoms with van der Waals surface area (Å²) in [5.41, 5.74) is 0.954. The standard InChI is InChI=1S/C27H41N3O3S/c1-4-6-14-30(15-7-5-2)16-13-28-26(31)21-11-12-24-23(19-21)29-27(32)25(34-24)18-20-9-8-10-22(17-20)33-3/h8-10,17-18,21,23-24H,4-7,11-16,19H2,1-3H3,(H,28,31)(H,29,32)/b25-18+. The minimum Gasteiger partial charge on any atom is -0.497 e. The van der Waals surface area contributed by atoms with Crippen LogP contribution in [0.1, 0.15) is 64.4 Å². The molecular formula is C27H41N3O3S. The molecule has 0 bridgehead atoms. The number of carbonyl (C=O) groups excluding carboxylic acids is 2. The lowest BCUT2D eigenvalue weighted by molar-refractivity contribution is -0.127. The van der Waals surface area contributed by atoms with Gasteiger partial charge in [-0.25, -0.2) is 0 Å². The first kappa shape index (κ1) is 26.6. The molecule has 1 heterocycles. The molecule has 0 spiro atoms. The zero-order chi connectivity index (χ0) is 24.3. The molecule has 3 rings (SSSR count). The maximum Gasteiger partial charge on any atom is 0.257 e. The number of rotatable bonds is 12. The van der Waals surface area contributed by atoms with Gasteiger partial charge >= 0.3 is 0 Å². The van der Waals surface area contributed by atoms with Gasteiger partial charge in [0.25, 0.3) is 5.91 Å². The lowest BCUT2D eigenvalue weighted by Crippen LogP contribution is -2.52. The molecule has 3 unspecified atom stereocenters. The van der Waals surface area contributed by atoms with Gasteiger partial charge in [0.05, 0.1) is 12.0 Å². The first-order valence-electron chi connectivity index (χ1n) is 12.9. The van der Waals surface area contributed by atoms with Crippen molar-refractivity contribution in [1.82, 2.24) is 15.5 Å². The van der Waals surface area contributed by atoms with Crippen molar-refractivity contribution in [3.8, 4) is 5.75 Å². The molecular weight excluding hydrogens is 446 g/mol. The number of hydrogen-bond acceptors (Lipinski definition) is 5. The number of benzene rings is 1. The van der Waals surface area contributed by atoms with Crippen LogP contribution in [0.2, 0.25) is 0 Å². The highest BCUT2D eigenvalue weighted by Crippen LogP contribution is 2.40. The second-order valence-electron chi connectivity index (χ2n) is 9.37. The van der Waals surface area contributed by atoms with E-state index >= 15 is 0 Å². The van der Waals surface area contributed by atoms with Crippen molar-refractivity contribution in [3.63, 3.8) is 0 Å². The van der Waals surface area contributed by atoms with Crippen LogP contribution in [0.5, 0.6) is 5.75 Å². The Morgan fingerprint density at radius 1 is 1.21 bits per heavy atom. The van der Waals surface area contributed by atoms with E-state index in [2.05, 4.69) is 29.4 Å². The van der Waals surface area contributed by atoms with Crippen LogP contribution < -0.4 is 15.4 Å². The van der Waals surface area contributed by atoms with Crippen LogP contribution >= 0.6 is 11.8 Å². The van der Waals surface area contributed by atoms with E-state index in [-0.39, 0.29) is 23.8 Å². The van der Waals surface area contributed by atoms with Crippen LogP contribution in [0.4, 0.5) is 0 Å². The highest BCUT2D eigenvalue weighted by atomic mass is 32.2. The number of carbonyl (C=O) groups is 2. The minimum absolute atomic E-state index is 0.0224. The number of fused-ring (bicyclic) bond motifs is 1. The topological polar surface area (TPSA) is 70.7 Å². The molecule has 34 heavy (non-hydrogen) atoms. The fourth-order valence-corrected chi connectivity index (χ4v) is 5.99. The van der Waals surface area contributed by atoms with E-state index < -0.39 is 0 Å². The van der Waals surface area contributed by atoms with Gasteiger partial charge < -0.3 is 20.3 Å². The van der Waals surface area contributed by atoms with Crippen molar-refractivity contribution < 1.29 is 14.3 Å². The maximum absolute atomic E-state index is 12.9. The van der Waals surface area contributed by atoms with Crippen molar-refractivity contribution in [2.75, 3.05) is 33.3 Å². The molecule has 2 fully saturated rings. The predicted molar refractivity (Wildman–Crippen MR) is 141 cm³/mol. The van der Waals surface area contributed by atoms with Crippen molar-refractivity contribution in [1.29, 1.82) is 0 Å². The van der Waals surface area contributed by atoms with Crippen LogP contribution in [-0.2, 0) is 9.59 Å². The fourth-order valence-electron chi connectivity index (χ4n) is 4.69. The number of hydrogen-bond donors (Lipinski definition) is 2. The van der Waals surface area contributed by atoms with Gasteiger partial charge in [-0.1, -0.05) is 38.8 Å². The zero-order valence-electron chi connectivity index (χ0n) is 21.0. The Morgan fingerprint density at radius 3 is 2.68 bits per heavy atom. The Bertz CT molecular complexity index is 836. The van der Waals surface area contributed by atoms with Crippen molar-refractivity contribution >= 4 is 29.7 Å². The van der Waals surface area contributed by atoms with Crippen molar-refractivity contribution in [2.45, 2.75) is 70.1 Å². The van der Waals surface area contributed by atoms with E-state index in [4.69, 9.17) is 4.74 Å². The number of methoxy groups -OCH3 is 1. The number of amides is 2. The normalized spacial score (nSPS) is 23.5. The van der Waals surface area contributed by atoms with Gasteiger partial charge in [-0.3, -0.25) is 9.59 Å². The van der Waals surface area contributed by atoms with Gasteiger partial charge in [0, 0.05) is 30.3 Å². The van der Waals surface area contributed by atoms with E-state index in [1.54, 1.807) is 18.9 Å². The second-order valence-corrected chi connectivity index (χ2v) is 10.7. The predicted octanol–water partition coefficient (Wildman–Crippen LogP) is 4.45. The SMILES string of the molecule is CCCCN(CCCC)CCNC(=O)C1CCC2S/C(=C/c3cccc(OC)c3)C(=O)NC2C1. The van der Waals surface area contributed by atoms with Crippen LogP contribution in [-0.4, -0.2) is 61.3 Å². The number of nitrogens with zero attached hydrogens (tertiary/aromatic N) is 1. The summed E-state index contributed by atoms with van der Waals surface area (Å²) in [4.78, 5) is 28.8. The molecule has 1 aliphatic carbocycles. The van der Waals surface area contributed by atoms with Crippen LogP contribution in [0.25, 0.3) is 6.08 Å². The summed E-state index contributed by atoms with van der Waals surface area (Å²) in [7, 11) is 1.64. The van der Waals surface area contributed by atoms with Gasteiger partial charge in [-0.15, -0.1) is 11.8 Å². The van der Waals surface area contributed by atoms with Gasteiger partial charge in [0.15, 0.2) is 0 Å². The number of thioether (sulfide) groups is 1.